The molecule has 26 heavy (non-hydrogen) atoms. The maximum Gasteiger partial charge on any atom is 0.255 e. The minimum atomic E-state index is -0.0871. The monoisotopic (exact) mass is 356 g/mol. The number of benzene rings is 1. The van der Waals surface area contributed by atoms with E-state index in [1.807, 2.05) is 14.0 Å². The number of ether oxygens (including phenoxy) is 1. The molecule has 1 saturated heterocycles. The normalized spacial score (nSPS) is 20.9. The summed E-state index contributed by atoms with van der Waals surface area (Å²) >= 11 is 0. The van der Waals surface area contributed by atoms with Crippen LogP contribution in [0.5, 0.6) is 0 Å². The minimum absolute atomic E-state index is 0.0871. The maximum atomic E-state index is 12.3. The first-order valence-electron chi connectivity index (χ1n) is 9.15. The van der Waals surface area contributed by atoms with Crippen molar-refractivity contribution in [1.82, 2.24) is 20.0 Å². The number of nitrogens with one attached hydrogen (secondary N) is 1. The fraction of sp³-hybridized carbons (Fsp3) is 0.500. The Morgan fingerprint density at radius 3 is 2.38 bits per heavy atom. The molecule has 1 aromatic heterocycles. The van der Waals surface area contributed by atoms with Crippen LogP contribution >= 0.6 is 0 Å². The summed E-state index contributed by atoms with van der Waals surface area (Å²) in [7, 11) is 1.83. The van der Waals surface area contributed by atoms with Gasteiger partial charge in [-0.05, 0) is 31.9 Å². The zero-order valence-electron chi connectivity index (χ0n) is 16.0. The summed E-state index contributed by atoms with van der Waals surface area (Å²) in [5, 5.41) is 7.07. The van der Waals surface area contributed by atoms with E-state index >= 15 is 0 Å². The number of hydrogen-bond donors (Lipinski definition) is 1. The van der Waals surface area contributed by atoms with Crippen molar-refractivity contribution >= 4 is 5.91 Å². The van der Waals surface area contributed by atoms with Crippen molar-refractivity contribution in [2.24, 2.45) is 7.05 Å². The number of morpholine rings is 1. The fourth-order valence-corrected chi connectivity index (χ4v) is 3.43. The van der Waals surface area contributed by atoms with Crippen molar-refractivity contribution < 1.29 is 9.53 Å². The van der Waals surface area contributed by atoms with Crippen LogP contribution in [0, 0.1) is 6.92 Å². The predicted molar refractivity (Wildman–Crippen MR) is 101 cm³/mol. The van der Waals surface area contributed by atoms with E-state index in [2.05, 4.69) is 53.4 Å². The van der Waals surface area contributed by atoms with Gasteiger partial charge in [0.05, 0.1) is 24.0 Å². The molecule has 0 saturated carbocycles. The second-order valence-corrected chi connectivity index (χ2v) is 7.22. The van der Waals surface area contributed by atoms with E-state index in [9.17, 15) is 4.79 Å². The lowest BCUT2D eigenvalue weighted by Gasteiger charge is -2.35. The maximum absolute atomic E-state index is 12.3. The first kappa shape index (κ1) is 18.6. The number of nitrogens with zero attached hydrogens (tertiary/aromatic N) is 3. The second kappa shape index (κ2) is 8.01. The van der Waals surface area contributed by atoms with E-state index in [1.54, 1.807) is 10.9 Å². The molecule has 0 unspecified atom stereocenters. The molecule has 1 aromatic carbocycles. The van der Waals surface area contributed by atoms with Crippen LogP contribution in [0.2, 0.25) is 0 Å². The van der Waals surface area contributed by atoms with Crippen molar-refractivity contribution in [2.75, 3.05) is 13.1 Å². The van der Waals surface area contributed by atoms with Crippen molar-refractivity contribution in [1.29, 1.82) is 0 Å². The average Bonchev–Trinajstić information content (AvgIpc) is 2.92. The number of hydrogen-bond acceptors (Lipinski definition) is 4. The van der Waals surface area contributed by atoms with Crippen molar-refractivity contribution in [3.8, 4) is 0 Å². The first-order valence-corrected chi connectivity index (χ1v) is 9.15. The lowest BCUT2D eigenvalue weighted by molar-refractivity contribution is -0.0704. The van der Waals surface area contributed by atoms with Crippen molar-refractivity contribution in [3.63, 3.8) is 0 Å². The third kappa shape index (κ3) is 4.51. The molecular weight excluding hydrogens is 328 g/mol. The summed E-state index contributed by atoms with van der Waals surface area (Å²) in [5.74, 6) is -0.0871. The van der Waals surface area contributed by atoms with E-state index in [-0.39, 0.29) is 18.1 Å². The highest BCUT2D eigenvalue weighted by molar-refractivity contribution is 5.94. The summed E-state index contributed by atoms with van der Waals surface area (Å²) in [6.45, 7) is 9.51. The smallest absolute Gasteiger partial charge is 0.255 e. The van der Waals surface area contributed by atoms with Crippen LogP contribution in [-0.4, -0.2) is 45.9 Å². The third-order valence-corrected chi connectivity index (χ3v) is 4.86. The third-order valence-electron chi connectivity index (χ3n) is 4.86. The van der Waals surface area contributed by atoms with E-state index in [0.29, 0.717) is 12.1 Å². The van der Waals surface area contributed by atoms with Gasteiger partial charge in [0, 0.05) is 38.9 Å². The topological polar surface area (TPSA) is 59.4 Å². The number of amides is 1. The molecular formula is C20H28N4O2. The van der Waals surface area contributed by atoms with Gasteiger partial charge in [-0.15, -0.1) is 0 Å². The molecule has 1 N–H and O–H groups in total. The summed E-state index contributed by atoms with van der Waals surface area (Å²) < 4.78 is 7.49. The van der Waals surface area contributed by atoms with Crippen LogP contribution in [0.25, 0.3) is 0 Å². The summed E-state index contributed by atoms with van der Waals surface area (Å²) in [4.78, 5) is 14.7. The molecule has 1 amide bonds. The molecule has 0 radical (unpaired) electrons. The Morgan fingerprint density at radius 1 is 1.19 bits per heavy atom. The van der Waals surface area contributed by atoms with Gasteiger partial charge in [0.2, 0.25) is 0 Å². The van der Waals surface area contributed by atoms with Gasteiger partial charge in [-0.3, -0.25) is 14.4 Å². The Labute approximate surface area is 155 Å². The Morgan fingerprint density at radius 2 is 1.81 bits per heavy atom. The molecule has 0 aliphatic carbocycles. The van der Waals surface area contributed by atoms with E-state index in [4.69, 9.17) is 4.74 Å². The van der Waals surface area contributed by atoms with Crippen LogP contribution in [0.3, 0.4) is 0 Å². The zero-order valence-corrected chi connectivity index (χ0v) is 16.0. The fourth-order valence-electron chi connectivity index (χ4n) is 3.43. The van der Waals surface area contributed by atoms with E-state index < -0.39 is 0 Å². The predicted octanol–water partition coefficient (Wildman–Crippen LogP) is 2.27. The Hall–Kier alpha value is -2.18. The highest BCUT2D eigenvalue weighted by atomic mass is 16.5. The molecule has 2 heterocycles. The summed E-state index contributed by atoms with van der Waals surface area (Å²) in [6, 6.07) is 8.45. The molecule has 140 valence electrons. The standard InChI is InChI=1S/C20H28N4O2/c1-14-11-24(12-15(2)26-14)13-18-7-5-17(6-8-18)9-21-20(25)19-10-22-23(4)16(19)3/h5-8,10,14-15H,9,11-13H2,1-4H3,(H,21,25)/t14-,15-/m0/s1. The Balaban J connectivity index is 1.53. The minimum Gasteiger partial charge on any atom is -0.373 e. The van der Waals surface area contributed by atoms with Crippen LogP contribution in [-0.2, 0) is 24.9 Å². The van der Waals surface area contributed by atoms with Gasteiger partial charge < -0.3 is 10.1 Å². The highest BCUT2D eigenvalue weighted by Crippen LogP contribution is 2.15. The highest BCUT2D eigenvalue weighted by Gasteiger charge is 2.22. The Kier molecular flexibility index (Phi) is 5.74. The van der Waals surface area contributed by atoms with Gasteiger partial charge >= 0.3 is 0 Å². The number of carbonyl (C=O) groups excluding carboxylic acids is 1. The van der Waals surface area contributed by atoms with Gasteiger partial charge in [0.1, 0.15) is 0 Å². The molecule has 6 heteroatoms. The summed E-state index contributed by atoms with van der Waals surface area (Å²) in [5.41, 5.74) is 3.86. The zero-order chi connectivity index (χ0) is 18.7. The first-order chi connectivity index (χ1) is 12.4. The van der Waals surface area contributed by atoms with Gasteiger partial charge in [-0.2, -0.15) is 5.10 Å². The molecule has 1 fully saturated rings. The van der Waals surface area contributed by atoms with Crippen LogP contribution in [0.4, 0.5) is 0 Å². The van der Waals surface area contributed by atoms with Crippen LogP contribution in [0.1, 0.15) is 41.0 Å². The number of aryl methyl sites for hydroxylation is 1. The number of rotatable bonds is 5. The molecule has 0 spiro atoms. The van der Waals surface area contributed by atoms with Crippen molar-refractivity contribution in [3.05, 3.63) is 52.8 Å². The molecule has 1 aliphatic heterocycles. The number of aromatic nitrogens is 2. The molecule has 1 aliphatic rings. The Bertz CT molecular complexity index is 744. The molecule has 3 rings (SSSR count). The van der Waals surface area contributed by atoms with E-state index in [1.165, 1.54) is 5.56 Å². The van der Waals surface area contributed by atoms with Crippen LogP contribution < -0.4 is 5.32 Å². The van der Waals surface area contributed by atoms with Gasteiger partial charge in [0.25, 0.3) is 5.91 Å². The average molecular weight is 356 g/mol. The second-order valence-electron chi connectivity index (χ2n) is 7.22. The van der Waals surface area contributed by atoms with Crippen LogP contribution in [0.15, 0.2) is 30.5 Å². The lowest BCUT2D eigenvalue weighted by Crippen LogP contribution is -2.44. The molecule has 2 atom stereocenters. The largest absolute Gasteiger partial charge is 0.373 e. The summed E-state index contributed by atoms with van der Waals surface area (Å²) in [6.07, 6.45) is 2.17. The molecule has 0 bridgehead atoms. The molecule has 6 nitrogen and oxygen atoms in total. The van der Waals surface area contributed by atoms with E-state index in [0.717, 1.165) is 30.9 Å². The quantitative estimate of drug-likeness (QED) is 0.893. The lowest BCUT2D eigenvalue weighted by atomic mass is 10.1. The van der Waals surface area contributed by atoms with Gasteiger partial charge in [-0.25, -0.2) is 0 Å². The SMILES string of the molecule is Cc1c(C(=O)NCc2ccc(CN3C[C@H](C)O[C@@H](C)C3)cc2)cnn1C. The van der Waals surface area contributed by atoms with Gasteiger partial charge in [0.15, 0.2) is 0 Å². The van der Waals surface area contributed by atoms with Crippen molar-refractivity contribution in [2.45, 2.75) is 46.1 Å². The number of carbonyl (C=O) groups is 1. The molecule has 2 aromatic rings. The van der Waals surface area contributed by atoms with Gasteiger partial charge in [-0.1, -0.05) is 24.3 Å².